The maximum atomic E-state index is 8.38. The summed E-state index contributed by atoms with van der Waals surface area (Å²) in [5.41, 5.74) is 0. The van der Waals surface area contributed by atoms with Gasteiger partial charge in [0.2, 0.25) is 0 Å². The first-order chi connectivity index (χ1) is 4.43. The number of hydrogen-bond donors (Lipinski definition) is 1. The van der Waals surface area contributed by atoms with Gasteiger partial charge in [0.05, 0.1) is 0 Å². The highest BCUT2D eigenvalue weighted by Gasteiger charge is 1.90. The molecule has 0 saturated carbocycles. The van der Waals surface area contributed by atoms with Crippen LogP contribution in [-0.2, 0) is 0 Å². The van der Waals surface area contributed by atoms with Gasteiger partial charge >= 0.3 is 0 Å². The third kappa shape index (κ3) is 2.00. The molecule has 0 fully saturated rings. The first-order valence-corrected chi connectivity index (χ1v) is 3.60. The molecular formula is C6H8O2P+. The summed E-state index contributed by atoms with van der Waals surface area (Å²) < 4.78 is 4.84. The van der Waals surface area contributed by atoms with Crippen LogP contribution in [0.25, 0.3) is 0 Å². The zero-order valence-electron chi connectivity index (χ0n) is 4.82. The predicted molar refractivity (Wildman–Crippen MR) is 39.0 cm³/mol. The minimum atomic E-state index is -0.875. The van der Waals surface area contributed by atoms with Crippen molar-refractivity contribution in [2.24, 2.45) is 0 Å². The van der Waals surface area contributed by atoms with E-state index in [1.54, 1.807) is 0 Å². The molecule has 0 aliphatic heterocycles. The van der Waals surface area contributed by atoms with Crippen LogP contribution in [0.15, 0.2) is 30.3 Å². The van der Waals surface area contributed by atoms with Gasteiger partial charge in [0.1, 0.15) is 0 Å². The second-order valence-corrected chi connectivity index (χ2v) is 1.98. The van der Waals surface area contributed by atoms with Crippen molar-refractivity contribution in [3.8, 4) is 5.75 Å². The Labute approximate surface area is 55.4 Å². The van der Waals surface area contributed by atoms with Crippen LogP contribution in [0, 0.1) is 0 Å². The van der Waals surface area contributed by atoms with E-state index in [0.717, 1.165) is 5.75 Å². The van der Waals surface area contributed by atoms with Gasteiger partial charge in [0.15, 0.2) is 5.75 Å². The van der Waals surface area contributed by atoms with Crippen LogP contribution < -0.4 is 4.52 Å². The fourth-order valence-electron chi connectivity index (χ4n) is 0.560. The molecule has 1 unspecified atom stereocenters. The fourth-order valence-corrected chi connectivity index (χ4v) is 0.839. The van der Waals surface area contributed by atoms with Crippen LogP contribution in [-0.4, -0.2) is 4.89 Å². The highest BCUT2D eigenvalue weighted by molar-refractivity contribution is 7.25. The molecule has 9 heavy (non-hydrogen) atoms. The standard InChI is InChI=1S/C6H8O2P/c7-9-8-6-4-2-1-3-5-6/h1-5,7H,9H2/q+1. The molecule has 0 radical (unpaired) electrons. The van der Waals surface area contributed by atoms with Crippen molar-refractivity contribution in [1.82, 2.24) is 0 Å². The van der Waals surface area contributed by atoms with Crippen molar-refractivity contribution in [2.45, 2.75) is 0 Å². The summed E-state index contributed by atoms with van der Waals surface area (Å²) in [6.45, 7) is 0. The highest BCUT2D eigenvalue weighted by atomic mass is 31.1. The number of para-hydroxylation sites is 1. The predicted octanol–water partition coefficient (Wildman–Crippen LogP) is 1.30. The van der Waals surface area contributed by atoms with Gasteiger partial charge in [-0.1, -0.05) is 18.2 Å². The van der Waals surface area contributed by atoms with Gasteiger partial charge in [-0.15, -0.1) is 0 Å². The van der Waals surface area contributed by atoms with Crippen LogP contribution in [0.2, 0.25) is 0 Å². The molecule has 0 aliphatic carbocycles. The Bertz CT molecular complexity index is 164. The molecular weight excluding hydrogens is 135 g/mol. The van der Waals surface area contributed by atoms with Crippen molar-refractivity contribution in [1.29, 1.82) is 0 Å². The van der Waals surface area contributed by atoms with E-state index in [-0.39, 0.29) is 0 Å². The van der Waals surface area contributed by atoms with E-state index in [1.807, 2.05) is 30.3 Å². The van der Waals surface area contributed by atoms with Gasteiger partial charge in [0.25, 0.3) is 9.03 Å². The molecule has 48 valence electrons. The average molecular weight is 143 g/mol. The van der Waals surface area contributed by atoms with Gasteiger partial charge in [-0.05, 0) is 12.1 Å². The highest BCUT2D eigenvalue weighted by Crippen LogP contribution is 2.15. The van der Waals surface area contributed by atoms with Gasteiger partial charge in [-0.2, -0.15) is 0 Å². The molecule has 0 bridgehead atoms. The van der Waals surface area contributed by atoms with Crippen molar-refractivity contribution in [3.05, 3.63) is 30.3 Å². The second kappa shape index (κ2) is 3.44. The summed E-state index contributed by atoms with van der Waals surface area (Å²) in [6.07, 6.45) is 0. The van der Waals surface area contributed by atoms with Crippen LogP contribution in [0.4, 0.5) is 0 Å². The van der Waals surface area contributed by atoms with Gasteiger partial charge in [0, 0.05) is 0 Å². The molecule has 0 aromatic heterocycles. The van der Waals surface area contributed by atoms with E-state index in [9.17, 15) is 0 Å². The molecule has 2 nitrogen and oxygen atoms in total. The molecule has 1 aromatic carbocycles. The maximum Gasteiger partial charge on any atom is 0.292 e. The lowest BCUT2D eigenvalue weighted by atomic mass is 10.3. The summed E-state index contributed by atoms with van der Waals surface area (Å²) in [6, 6.07) is 9.25. The molecule has 1 aromatic rings. The van der Waals surface area contributed by atoms with Gasteiger partial charge < -0.3 is 4.52 Å². The van der Waals surface area contributed by atoms with Crippen molar-refractivity contribution >= 4 is 9.03 Å². The topological polar surface area (TPSA) is 29.5 Å². The third-order valence-corrected chi connectivity index (χ3v) is 1.31. The van der Waals surface area contributed by atoms with E-state index >= 15 is 0 Å². The van der Waals surface area contributed by atoms with E-state index in [2.05, 4.69) is 0 Å². The van der Waals surface area contributed by atoms with E-state index in [1.165, 1.54) is 0 Å². The quantitative estimate of drug-likeness (QED) is 0.632. The Kier molecular flexibility index (Phi) is 2.49. The van der Waals surface area contributed by atoms with Crippen molar-refractivity contribution in [2.75, 3.05) is 0 Å². The summed E-state index contributed by atoms with van der Waals surface area (Å²) in [5.74, 6) is 0.731. The molecule has 3 heteroatoms. The Morgan fingerprint density at radius 3 is 2.44 bits per heavy atom. The first-order valence-electron chi connectivity index (χ1n) is 2.61. The zero-order chi connectivity index (χ0) is 6.53. The molecule has 0 amide bonds. The Balaban J connectivity index is 2.61. The molecule has 1 N–H and O–H groups in total. The average Bonchev–Trinajstić information content (AvgIpc) is 1.91. The second-order valence-electron chi connectivity index (χ2n) is 1.54. The van der Waals surface area contributed by atoms with Crippen molar-refractivity contribution < 1.29 is 9.42 Å². The maximum absolute atomic E-state index is 8.38. The van der Waals surface area contributed by atoms with E-state index < -0.39 is 9.03 Å². The van der Waals surface area contributed by atoms with Crippen LogP contribution in [0.5, 0.6) is 5.75 Å². The fraction of sp³-hybridized carbons (Fsp3) is 0. The lowest BCUT2D eigenvalue weighted by Crippen LogP contribution is -1.73. The molecule has 0 saturated heterocycles. The molecule has 1 atom stereocenters. The monoisotopic (exact) mass is 143 g/mol. The van der Waals surface area contributed by atoms with Crippen LogP contribution in [0.1, 0.15) is 0 Å². The summed E-state index contributed by atoms with van der Waals surface area (Å²) in [4.78, 5) is 8.38. The zero-order valence-corrected chi connectivity index (χ0v) is 5.97. The minimum Gasteiger partial charge on any atom is -0.325 e. The Hall–Kier alpha value is -0.590. The first kappa shape index (κ1) is 6.53. The Morgan fingerprint density at radius 2 is 1.89 bits per heavy atom. The normalized spacial score (nSPS) is 10.3. The number of hydrogen-bond acceptors (Lipinski definition) is 2. The number of benzene rings is 1. The minimum absolute atomic E-state index is 0.731. The summed E-state index contributed by atoms with van der Waals surface area (Å²) in [5, 5.41) is 0. The lowest BCUT2D eigenvalue weighted by Gasteiger charge is -1.90. The largest absolute Gasteiger partial charge is 0.325 e. The molecule has 1 rings (SSSR count). The van der Waals surface area contributed by atoms with E-state index in [4.69, 9.17) is 9.42 Å². The van der Waals surface area contributed by atoms with E-state index in [0.29, 0.717) is 0 Å². The molecule has 0 heterocycles. The van der Waals surface area contributed by atoms with Crippen LogP contribution >= 0.6 is 9.03 Å². The van der Waals surface area contributed by atoms with Crippen LogP contribution in [0.3, 0.4) is 0 Å². The molecule has 0 aliphatic rings. The third-order valence-electron chi connectivity index (χ3n) is 0.932. The molecule has 0 spiro atoms. The van der Waals surface area contributed by atoms with Gasteiger partial charge in [-0.3, -0.25) is 0 Å². The summed E-state index contributed by atoms with van der Waals surface area (Å²) >= 11 is 0. The SMILES string of the molecule is O[PH2+]Oc1ccccc1. The smallest absolute Gasteiger partial charge is 0.292 e. The van der Waals surface area contributed by atoms with Gasteiger partial charge in [-0.25, -0.2) is 4.89 Å². The Morgan fingerprint density at radius 1 is 1.22 bits per heavy atom. The summed E-state index contributed by atoms with van der Waals surface area (Å²) in [7, 11) is -0.875. The number of rotatable bonds is 2. The lowest BCUT2D eigenvalue weighted by molar-refractivity contribution is 0.514. The van der Waals surface area contributed by atoms with Crippen molar-refractivity contribution in [3.63, 3.8) is 0 Å².